The smallest absolute Gasteiger partial charge is 0.170 e. The molecule has 1 aliphatic rings. The van der Waals surface area contributed by atoms with E-state index in [0.29, 0.717) is 0 Å². The Balaban J connectivity index is 2.99. The van der Waals surface area contributed by atoms with Crippen molar-refractivity contribution >= 4 is 11.5 Å². The molecule has 1 saturated carbocycles. The third-order valence-electron chi connectivity index (χ3n) is 2.91. The fourth-order valence-corrected chi connectivity index (χ4v) is 1.96. The molecule has 0 aromatic heterocycles. The van der Waals surface area contributed by atoms with Crippen LogP contribution in [0.1, 0.15) is 12.8 Å². The molecular weight excluding hydrogens is 242 g/mol. The maximum Gasteiger partial charge on any atom is 0.170 e. The van der Waals surface area contributed by atoms with Gasteiger partial charge in [0.1, 0.15) is 0 Å². The van der Waals surface area contributed by atoms with Gasteiger partial charge in [-0.25, -0.2) is 0 Å². The lowest BCUT2D eigenvalue weighted by Gasteiger charge is -2.34. The van der Waals surface area contributed by atoms with Gasteiger partial charge in [0, 0.05) is 20.0 Å². The highest BCUT2D eigenvalue weighted by molar-refractivity contribution is 6.11. The van der Waals surface area contributed by atoms with E-state index in [4.69, 9.17) is 20.1 Å². The highest BCUT2D eigenvalue weighted by Gasteiger charge is 2.42. The number of hydrogen-bond acceptors (Lipinski definition) is 7. The van der Waals surface area contributed by atoms with Crippen LogP contribution in [-0.4, -0.2) is 76.6 Å². The van der Waals surface area contributed by atoms with Crippen LogP contribution in [0.5, 0.6) is 0 Å². The molecule has 104 valence electrons. The van der Waals surface area contributed by atoms with Crippen LogP contribution in [0.4, 0.5) is 0 Å². The Labute approximate surface area is 105 Å². The summed E-state index contributed by atoms with van der Waals surface area (Å²) in [5.74, 6) is -0.381. The summed E-state index contributed by atoms with van der Waals surface area (Å²) >= 11 is 0. The van der Waals surface area contributed by atoms with Gasteiger partial charge in [0.15, 0.2) is 11.9 Å². The molecule has 7 heteroatoms. The van der Waals surface area contributed by atoms with Gasteiger partial charge < -0.3 is 25.2 Å². The van der Waals surface area contributed by atoms with Gasteiger partial charge in [0.2, 0.25) is 0 Å². The maximum absolute atomic E-state index is 11.8. The Morgan fingerprint density at radius 2 is 2.00 bits per heavy atom. The lowest BCUT2D eigenvalue weighted by molar-refractivity contribution is -0.134. The Morgan fingerprint density at radius 1 is 1.39 bits per heavy atom. The van der Waals surface area contributed by atoms with E-state index in [2.05, 4.69) is 4.99 Å². The molecule has 1 aliphatic carbocycles. The molecule has 1 unspecified atom stereocenters. The predicted octanol–water partition coefficient (Wildman–Crippen LogP) is -2.12. The van der Waals surface area contributed by atoms with Crippen molar-refractivity contribution in [2.75, 3.05) is 26.9 Å². The number of carbonyl (C=O) groups excluding carboxylic acids is 1. The van der Waals surface area contributed by atoms with E-state index in [1.165, 1.54) is 7.11 Å². The molecule has 0 aromatic carbocycles. The topological polar surface area (TPSA) is 120 Å². The summed E-state index contributed by atoms with van der Waals surface area (Å²) in [6.07, 6.45) is -1.12. The largest absolute Gasteiger partial charge is 0.394 e. The van der Waals surface area contributed by atoms with E-state index in [0.717, 1.165) is 0 Å². The molecule has 0 spiro atoms. The van der Waals surface area contributed by atoms with Crippen molar-refractivity contribution in [1.29, 1.82) is 0 Å². The molecular formula is C11H19NO6. The number of nitrogens with zero attached hydrogens (tertiary/aromatic N) is 1. The van der Waals surface area contributed by atoms with Crippen LogP contribution in [0, 0.1) is 0 Å². The minimum Gasteiger partial charge on any atom is -0.394 e. The molecule has 0 amide bonds. The van der Waals surface area contributed by atoms with E-state index >= 15 is 0 Å². The van der Waals surface area contributed by atoms with Gasteiger partial charge in [-0.05, 0) is 0 Å². The monoisotopic (exact) mass is 261 g/mol. The zero-order valence-corrected chi connectivity index (χ0v) is 10.2. The molecule has 0 radical (unpaired) electrons. The lowest BCUT2D eigenvalue weighted by Crippen LogP contribution is -2.51. The number of hydrogen-bond donors (Lipinski definition) is 4. The molecule has 1 rings (SSSR count). The summed E-state index contributed by atoms with van der Waals surface area (Å²) in [5.41, 5.74) is -1.31. The molecule has 0 saturated heterocycles. The van der Waals surface area contributed by atoms with Crippen molar-refractivity contribution in [2.45, 2.75) is 30.6 Å². The molecule has 0 aliphatic heterocycles. The number of ether oxygens (including phenoxy) is 1. The molecule has 4 N–H and O–H groups in total. The van der Waals surface area contributed by atoms with Crippen molar-refractivity contribution in [3.8, 4) is 0 Å². The number of carbonyl (C=O) groups is 1. The number of Topliss-reactive ketones (excluding diaryl/α,β-unsaturated/α-hetero) is 1. The maximum atomic E-state index is 11.8. The average Bonchev–Trinajstić information content (AvgIpc) is 2.35. The Morgan fingerprint density at radius 3 is 2.44 bits per heavy atom. The molecule has 0 heterocycles. The highest BCUT2D eigenvalue weighted by Crippen LogP contribution is 2.26. The lowest BCUT2D eigenvalue weighted by atomic mass is 9.81. The second kappa shape index (κ2) is 6.35. The van der Waals surface area contributed by atoms with Crippen molar-refractivity contribution in [3.05, 3.63) is 0 Å². The van der Waals surface area contributed by atoms with Gasteiger partial charge >= 0.3 is 0 Å². The molecule has 18 heavy (non-hydrogen) atoms. The van der Waals surface area contributed by atoms with Crippen molar-refractivity contribution in [2.24, 2.45) is 4.99 Å². The van der Waals surface area contributed by atoms with Crippen molar-refractivity contribution < 1.29 is 30.0 Å². The molecule has 1 fully saturated rings. The number of aliphatic hydroxyl groups excluding tert-OH is 3. The second-order valence-corrected chi connectivity index (χ2v) is 4.46. The van der Waals surface area contributed by atoms with Crippen molar-refractivity contribution in [3.63, 3.8) is 0 Å². The van der Waals surface area contributed by atoms with Crippen LogP contribution in [-0.2, 0) is 9.53 Å². The molecule has 0 bridgehead atoms. The molecule has 7 nitrogen and oxygen atoms in total. The van der Waals surface area contributed by atoms with E-state index in [1.54, 1.807) is 0 Å². The first-order chi connectivity index (χ1) is 8.49. The third kappa shape index (κ3) is 3.33. The molecule has 2 atom stereocenters. The van der Waals surface area contributed by atoms with E-state index in [-0.39, 0.29) is 37.6 Å². The summed E-state index contributed by atoms with van der Waals surface area (Å²) < 4.78 is 5.01. The number of methoxy groups -OCH3 is 1. The fourth-order valence-electron chi connectivity index (χ4n) is 1.96. The number of aliphatic hydroxyl groups is 4. The summed E-state index contributed by atoms with van der Waals surface area (Å²) in [4.78, 5) is 15.8. The van der Waals surface area contributed by atoms with Crippen LogP contribution in [0.2, 0.25) is 0 Å². The first-order valence-corrected chi connectivity index (χ1v) is 5.66. The summed E-state index contributed by atoms with van der Waals surface area (Å²) in [6, 6.07) is -0.758. The van der Waals surface area contributed by atoms with E-state index < -0.39 is 24.4 Å². The van der Waals surface area contributed by atoms with E-state index in [1.807, 2.05) is 0 Å². The minimum atomic E-state index is -1.54. The number of aliphatic imine (C=N–C) groups is 1. The predicted molar refractivity (Wildman–Crippen MR) is 62.5 cm³/mol. The zero-order chi connectivity index (χ0) is 13.8. The van der Waals surface area contributed by atoms with Gasteiger partial charge in [0.25, 0.3) is 0 Å². The van der Waals surface area contributed by atoms with Crippen LogP contribution >= 0.6 is 0 Å². The SMILES string of the molecule is COC1C(=O)C[C@@](O)(CO)CC1=NC(CO)CO. The van der Waals surface area contributed by atoms with Gasteiger partial charge in [-0.3, -0.25) is 9.79 Å². The fraction of sp³-hybridized carbons (Fsp3) is 0.818. The van der Waals surface area contributed by atoms with Crippen LogP contribution in [0.15, 0.2) is 4.99 Å². The van der Waals surface area contributed by atoms with Crippen LogP contribution in [0.25, 0.3) is 0 Å². The summed E-state index contributed by atoms with van der Waals surface area (Å²) in [5, 5.41) is 37.0. The number of rotatable bonds is 5. The zero-order valence-electron chi connectivity index (χ0n) is 10.2. The Bertz CT molecular complexity index is 327. The first kappa shape index (κ1) is 15.2. The standard InChI is InChI=1S/C11H19NO6/c1-18-10-8(12-7(4-13)5-14)2-11(17,6-15)3-9(10)16/h7,10,13-15,17H,2-6H2,1H3/t10?,11-/m1/s1. The summed E-state index contributed by atoms with van der Waals surface area (Å²) in [6.45, 7) is -1.30. The Kier molecular flexibility index (Phi) is 5.36. The highest BCUT2D eigenvalue weighted by atomic mass is 16.5. The average molecular weight is 261 g/mol. The summed E-state index contributed by atoms with van der Waals surface area (Å²) in [7, 11) is 1.34. The third-order valence-corrected chi connectivity index (χ3v) is 2.91. The van der Waals surface area contributed by atoms with Gasteiger partial charge in [-0.2, -0.15) is 0 Å². The first-order valence-electron chi connectivity index (χ1n) is 5.66. The van der Waals surface area contributed by atoms with Gasteiger partial charge in [0.05, 0.1) is 37.2 Å². The Hall–Kier alpha value is -0.860. The van der Waals surface area contributed by atoms with Crippen molar-refractivity contribution in [1.82, 2.24) is 0 Å². The number of ketones is 1. The van der Waals surface area contributed by atoms with Gasteiger partial charge in [-0.1, -0.05) is 0 Å². The minimum absolute atomic E-state index is 0.0236. The van der Waals surface area contributed by atoms with Crippen LogP contribution in [0.3, 0.4) is 0 Å². The van der Waals surface area contributed by atoms with Gasteiger partial charge in [-0.15, -0.1) is 0 Å². The van der Waals surface area contributed by atoms with E-state index in [9.17, 15) is 9.90 Å². The molecule has 0 aromatic rings. The second-order valence-electron chi connectivity index (χ2n) is 4.46. The quantitative estimate of drug-likeness (QED) is 0.449. The normalized spacial score (nSPS) is 31.3. The van der Waals surface area contributed by atoms with Crippen LogP contribution < -0.4 is 0 Å².